The van der Waals surface area contributed by atoms with Crippen LogP contribution in [-0.4, -0.2) is 54.6 Å². The zero-order chi connectivity index (χ0) is 24.8. The fourth-order valence-corrected chi connectivity index (χ4v) is 3.05. The largest absolute Gasteiger partial charge is 0.493 e. The average Bonchev–Trinajstić information content (AvgIpc) is 2.76. The van der Waals surface area contributed by atoms with Gasteiger partial charge in [0.05, 0.1) is 27.2 Å². The van der Waals surface area contributed by atoms with E-state index in [1.165, 1.54) is 27.4 Å². The Labute approximate surface area is 193 Å². The molecule has 0 saturated heterocycles. The highest BCUT2D eigenvalue weighted by Crippen LogP contribution is 2.38. The molecule has 0 bridgehead atoms. The highest BCUT2D eigenvalue weighted by molar-refractivity contribution is 5.86. The van der Waals surface area contributed by atoms with Crippen LogP contribution in [0.25, 0.3) is 6.08 Å². The Morgan fingerprint density at radius 1 is 0.909 bits per heavy atom. The number of hydrogen-bond acceptors (Lipinski definition) is 6. The highest BCUT2D eigenvalue weighted by Gasteiger charge is 2.23. The van der Waals surface area contributed by atoms with Crippen molar-refractivity contribution < 1.29 is 43.9 Å². The van der Waals surface area contributed by atoms with Gasteiger partial charge in [0.1, 0.15) is 0 Å². The first kappa shape index (κ1) is 27.5. The third kappa shape index (κ3) is 9.67. The van der Waals surface area contributed by atoms with Crippen LogP contribution in [-0.2, 0) is 14.4 Å². The van der Waals surface area contributed by atoms with Gasteiger partial charge in [-0.1, -0.05) is 12.5 Å². The van der Waals surface area contributed by atoms with E-state index in [0.29, 0.717) is 28.4 Å². The van der Waals surface area contributed by atoms with E-state index in [1.807, 2.05) is 6.08 Å². The van der Waals surface area contributed by atoms with Crippen LogP contribution in [0.4, 0.5) is 0 Å². The van der Waals surface area contributed by atoms with Gasteiger partial charge in [-0.3, -0.25) is 4.79 Å². The molecule has 1 aromatic rings. The molecular weight excluding hydrogens is 432 g/mol. The Morgan fingerprint density at radius 2 is 1.52 bits per heavy atom. The Balaban J connectivity index is 0.000000282. The second-order valence-corrected chi connectivity index (χ2v) is 7.38. The Kier molecular flexibility index (Phi) is 12.1. The predicted molar refractivity (Wildman–Crippen MR) is 122 cm³/mol. The number of ether oxygens (including phenoxy) is 3. The van der Waals surface area contributed by atoms with Crippen molar-refractivity contribution in [2.24, 2.45) is 5.92 Å². The molecule has 1 aromatic carbocycles. The summed E-state index contributed by atoms with van der Waals surface area (Å²) in [5, 5.41) is 25.3. The second-order valence-electron chi connectivity index (χ2n) is 7.38. The van der Waals surface area contributed by atoms with Gasteiger partial charge >= 0.3 is 17.9 Å². The molecule has 0 aromatic heterocycles. The van der Waals surface area contributed by atoms with Crippen LogP contribution < -0.4 is 14.2 Å². The van der Waals surface area contributed by atoms with E-state index < -0.39 is 17.9 Å². The molecule has 0 radical (unpaired) electrons. The van der Waals surface area contributed by atoms with Crippen molar-refractivity contribution in [3.63, 3.8) is 0 Å². The van der Waals surface area contributed by atoms with Gasteiger partial charge in [-0.15, -0.1) is 0 Å². The Bertz CT molecular complexity index is 842. The first-order chi connectivity index (χ1) is 15.7. The molecule has 33 heavy (non-hydrogen) atoms. The van der Waals surface area contributed by atoms with Crippen molar-refractivity contribution in [3.8, 4) is 17.2 Å². The van der Waals surface area contributed by atoms with Crippen molar-refractivity contribution in [2.45, 2.75) is 44.9 Å². The molecule has 1 saturated carbocycles. The molecule has 0 amide bonds. The quantitative estimate of drug-likeness (QED) is 0.505. The number of hydrogen-bond donors (Lipinski definition) is 3. The normalized spacial score (nSPS) is 14.9. The maximum Gasteiger partial charge on any atom is 0.331 e. The Morgan fingerprint density at radius 3 is 1.79 bits per heavy atom. The SMILES string of the molecule is COc1cc(/C=C/C(=O)O)cc(OC)c1OC.O=C(O)C1=CCCCC1.O=C(O)C1CCC1. The maximum absolute atomic E-state index is 10.4. The van der Waals surface area contributed by atoms with Crippen LogP contribution in [0.1, 0.15) is 50.5 Å². The van der Waals surface area contributed by atoms with E-state index in [9.17, 15) is 14.4 Å². The minimum Gasteiger partial charge on any atom is -0.493 e. The lowest BCUT2D eigenvalue weighted by Crippen LogP contribution is -2.20. The number of rotatable bonds is 7. The van der Waals surface area contributed by atoms with Crippen molar-refractivity contribution in [2.75, 3.05) is 21.3 Å². The van der Waals surface area contributed by atoms with Gasteiger partial charge in [-0.05, 0) is 62.3 Å². The van der Waals surface area contributed by atoms with Crippen LogP contribution >= 0.6 is 0 Å². The second kappa shape index (κ2) is 14.5. The lowest BCUT2D eigenvalue weighted by Gasteiger charge is -2.19. The minimum atomic E-state index is -1.02. The number of benzene rings is 1. The number of allylic oxidation sites excluding steroid dienone is 1. The van der Waals surface area contributed by atoms with E-state index >= 15 is 0 Å². The molecule has 3 N–H and O–H groups in total. The zero-order valence-corrected chi connectivity index (χ0v) is 19.2. The molecule has 182 valence electrons. The molecule has 0 aliphatic heterocycles. The van der Waals surface area contributed by atoms with Gasteiger partial charge in [0, 0.05) is 11.6 Å². The van der Waals surface area contributed by atoms with Gasteiger partial charge < -0.3 is 29.5 Å². The number of aliphatic carboxylic acids is 3. The molecule has 9 nitrogen and oxygen atoms in total. The lowest BCUT2D eigenvalue weighted by molar-refractivity contribution is -0.144. The van der Waals surface area contributed by atoms with Gasteiger partial charge in [-0.25, -0.2) is 9.59 Å². The van der Waals surface area contributed by atoms with Crippen molar-refractivity contribution in [1.29, 1.82) is 0 Å². The molecule has 3 rings (SSSR count). The summed E-state index contributed by atoms with van der Waals surface area (Å²) < 4.78 is 15.4. The van der Waals surface area contributed by atoms with Gasteiger partial charge in [-0.2, -0.15) is 0 Å². The molecule has 0 atom stereocenters. The summed E-state index contributed by atoms with van der Waals surface area (Å²) in [6.07, 6.45) is 11.1. The summed E-state index contributed by atoms with van der Waals surface area (Å²) in [6, 6.07) is 3.33. The number of carboxylic acids is 3. The van der Waals surface area contributed by atoms with Crippen LogP contribution in [0.3, 0.4) is 0 Å². The summed E-state index contributed by atoms with van der Waals surface area (Å²) in [7, 11) is 4.51. The minimum absolute atomic E-state index is 0.000000000000000444. The summed E-state index contributed by atoms with van der Waals surface area (Å²) >= 11 is 0. The fraction of sp³-hybridized carbons (Fsp3) is 0.458. The van der Waals surface area contributed by atoms with Gasteiger partial charge in [0.25, 0.3) is 0 Å². The molecular formula is C24H32O9. The summed E-state index contributed by atoms with van der Waals surface area (Å²) in [5.74, 6) is -0.934. The smallest absolute Gasteiger partial charge is 0.331 e. The summed E-state index contributed by atoms with van der Waals surface area (Å²) in [4.78, 5) is 30.7. The van der Waals surface area contributed by atoms with Crippen LogP contribution in [0, 0.1) is 5.92 Å². The first-order valence-electron chi connectivity index (χ1n) is 10.6. The summed E-state index contributed by atoms with van der Waals surface area (Å²) in [5.41, 5.74) is 1.25. The standard InChI is InChI=1S/C12H14O5.C7H10O2.C5H8O2/c1-15-9-6-8(4-5-11(13)14)7-10(16-2)12(9)17-3;8-7(9)6-4-2-1-3-5-6;6-5(7)4-2-1-3-4/h4-7H,1-3H3,(H,13,14);4H,1-3,5H2,(H,8,9);4H,1-3H2,(H,6,7)/b5-4+;;. The first-order valence-corrected chi connectivity index (χ1v) is 10.6. The molecule has 0 heterocycles. The van der Waals surface area contributed by atoms with Crippen molar-refractivity contribution in [1.82, 2.24) is 0 Å². The molecule has 1 fully saturated rings. The fourth-order valence-electron chi connectivity index (χ4n) is 3.05. The van der Waals surface area contributed by atoms with E-state index in [-0.39, 0.29) is 5.92 Å². The third-order valence-electron chi connectivity index (χ3n) is 5.13. The van der Waals surface area contributed by atoms with Crippen LogP contribution in [0.15, 0.2) is 29.9 Å². The molecule has 0 unspecified atom stereocenters. The van der Waals surface area contributed by atoms with Gasteiger partial charge in [0.15, 0.2) is 11.5 Å². The highest BCUT2D eigenvalue weighted by atomic mass is 16.5. The summed E-state index contributed by atoms with van der Waals surface area (Å²) in [6.45, 7) is 0. The number of carboxylic acid groups (broad SMARTS) is 3. The third-order valence-corrected chi connectivity index (χ3v) is 5.13. The van der Waals surface area contributed by atoms with Crippen LogP contribution in [0.2, 0.25) is 0 Å². The predicted octanol–water partition coefficient (Wildman–Crippen LogP) is 4.25. The monoisotopic (exact) mass is 464 g/mol. The zero-order valence-electron chi connectivity index (χ0n) is 19.2. The molecule has 2 aliphatic rings. The number of methoxy groups -OCH3 is 3. The van der Waals surface area contributed by atoms with Crippen LogP contribution in [0.5, 0.6) is 17.2 Å². The van der Waals surface area contributed by atoms with E-state index in [4.69, 9.17) is 29.5 Å². The van der Waals surface area contributed by atoms with E-state index in [0.717, 1.165) is 51.0 Å². The van der Waals surface area contributed by atoms with E-state index in [1.54, 1.807) is 12.1 Å². The molecule has 2 aliphatic carbocycles. The van der Waals surface area contributed by atoms with Crippen molar-refractivity contribution in [3.05, 3.63) is 35.4 Å². The molecule has 0 spiro atoms. The maximum atomic E-state index is 10.4. The van der Waals surface area contributed by atoms with Gasteiger partial charge in [0.2, 0.25) is 5.75 Å². The Hall–Kier alpha value is -3.49. The van der Waals surface area contributed by atoms with Crippen molar-refractivity contribution >= 4 is 24.0 Å². The molecule has 9 heteroatoms. The lowest BCUT2D eigenvalue weighted by atomic mass is 9.86. The number of carbonyl (C=O) groups is 3. The average molecular weight is 465 g/mol. The topological polar surface area (TPSA) is 140 Å². The van der Waals surface area contributed by atoms with E-state index in [2.05, 4.69) is 0 Å².